The zero-order valence-electron chi connectivity index (χ0n) is 6.76. The third-order valence-electron chi connectivity index (χ3n) is 1.01. The van der Waals surface area contributed by atoms with Gasteiger partial charge in [-0.25, -0.2) is 0 Å². The Morgan fingerprint density at radius 1 is 0.900 bits per heavy atom. The van der Waals surface area contributed by atoms with Crippen LogP contribution in [0.15, 0.2) is 0 Å². The summed E-state index contributed by atoms with van der Waals surface area (Å²) < 4.78 is 0. The minimum Gasteiger partial charge on any atom is -0.165 e. The Labute approximate surface area is 77.3 Å². The fraction of sp³-hybridized carbons (Fsp3) is 1.00. The third kappa shape index (κ3) is 9.05. The summed E-state index contributed by atoms with van der Waals surface area (Å²) >= 11 is 6.05. The first-order valence-electron chi connectivity index (χ1n) is 3.56. The summed E-state index contributed by atoms with van der Waals surface area (Å²) in [5.74, 6) is 6.56. The molecule has 0 heterocycles. The third-order valence-corrected chi connectivity index (χ3v) is 4.02. The standard InChI is InChI=1S/C7H16S3/c1-3-9-6-7-10-5-4-8-2/h3-7H2,1-2H3. The van der Waals surface area contributed by atoms with Crippen LogP contribution in [0.1, 0.15) is 6.92 Å². The van der Waals surface area contributed by atoms with Gasteiger partial charge in [0.15, 0.2) is 0 Å². The Morgan fingerprint density at radius 2 is 1.50 bits per heavy atom. The Kier molecular flexibility index (Phi) is 11.1. The van der Waals surface area contributed by atoms with Crippen LogP contribution >= 0.6 is 35.3 Å². The molecule has 0 aliphatic rings. The van der Waals surface area contributed by atoms with E-state index >= 15 is 0 Å². The molecule has 3 heteroatoms. The fourth-order valence-electron chi connectivity index (χ4n) is 0.507. The maximum atomic E-state index is 2.22. The molecule has 0 N–H and O–H groups in total. The number of hydrogen-bond acceptors (Lipinski definition) is 3. The predicted molar refractivity (Wildman–Crippen MR) is 58.7 cm³/mol. The van der Waals surface area contributed by atoms with Crippen molar-refractivity contribution in [3.63, 3.8) is 0 Å². The van der Waals surface area contributed by atoms with Crippen LogP contribution in [0.4, 0.5) is 0 Å². The van der Waals surface area contributed by atoms with Gasteiger partial charge in [-0.15, -0.1) is 0 Å². The zero-order chi connectivity index (χ0) is 7.66. The van der Waals surface area contributed by atoms with Gasteiger partial charge in [-0.2, -0.15) is 35.3 Å². The molecular formula is C7H16S3. The molecule has 0 atom stereocenters. The van der Waals surface area contributed by atoms with E-state index in [1.165, 1.54) is 28.8 Å². The van der Waals surface area contributed by atoms with Crippen molar-refractivity contribution in [2.45, 2.75) is 6.92 Å². The highest BCUT2D eigenvalue weighted by atomic mass is 32.2. The Bertz CT molecular complexity index is 48.8. The second-order valence-corrected chi connectivity index (χ2v) is 5.41. The lowest BCUT2D eigenvalue weighted by molar-refractivity contribution is 1.46. The van der Waals surface area contributed by atoms with E-state index in [-0.39, 0.29) is 0 Å². The fourth-order valence-corrected chi connectivity index (χ4v) is 3.08. The summed E-state index contributed by atoms with van der Waals surface area (Å²) in [4.78, 5) is 0. The largest absolute Gasteiger partial charge is 0.165 e. The van der Waals surface area contributed by atoms with Crippen LogP contribution in [0, 0.1) is 0 Å². The molecule has 0 nitrogen and oxygen atoms in total. The summed E-state index contributed by atoms with van der Waals surface area (Å²) in [7, 11) is 0. The smallest absolute Gasteiger partial charge is 0.00238 e. The first kappa shape index (κ1) is 11.1. The van der Waals surface area contributed by atoms with Gasteiger partial charge < -0.3 is 0 Å². The van der Waals surface area contributed by atoms with Crippen LogP contribution in [-0.2, 0) is 0 Å². The molecule has 0 unspecified atom stereocenters. The SMILES string of the molecule is CCSCCSCCSC. The highest BCUT2D eigenvalue weighted by molar-refractivity contribution is 8.04. The molecule has 0 aromatic rings. The first-order valence-corrected chi connectivity index (χ1v) is 7.26. The Balaban J connectivity index is 2.65. The van der Waals surface area contributed by atoms with E-state index in [0.717, 1.165) is 0 Å². The Hall–Kier alpha value is 1.05. The van der Waals surface area contributed by atoms with Gasteiger partial charge in [-0.3, -0.25) is 0 Å². The van der Waals surface area contributed by atoms with Crippen molar-refractivity contribution in [2.24, 2.45) is 0 Å². The minimum absolute atomic E-state index is 1.27. The number of rotatable bonds is 7. The number of hydrogen-bond donors (Lipinski definition) is 0. The van der Waals surface area contributed by atoms with E-state index in [9.17, 15) is 0 Å². The van der Waals surface area contributed by atoms with E-state index in [1.807, 2.05) is 23.5 Å². The van der Waals surface area contributed by atoms with E-state index in [0.29, 0.717) is 0 Å². The van der Waals surface area contributed by atoms with Crippen molar-refractivity contribution >= 4 is 35.3 Å². The normalized spacial score (nSPS) is 10.2. The minimum atomic E-state index is 1.27. The highest BCUT2D eigenvalue weighted by Gasteiger charge is 1.87. The molecule has 0 saturated heterocycles. The molecule has 0 rings (SSSR count). The summed E-state index contributed by atoms with van der Waals surface area (Å²) in [5, 5.41) is 0. The van der Waals surface area contributed by atoms with Crippen molar-refractivity contribution in [3.05, 3.63) is 0 Å². The van der Waals surface area contributed by atoms with Gasteiger partial charge in [0.25, 0.3) is 0 Å². The molecule has 0 spiro atoms. The second-order valence-electron chi connectivity index (χ2n) is 1.80. The molecule has 0 aromatic carbocycles. The summed E-state index contributed by atoms with van der Waals surface area (Å²) in [6.45, 7) is 2.22. The van der Waals surface area contributed by atoms with E-state index in [1.54, 1.807) is 0 Å². The lowest BCUT2D eigenvalue weighted by Gasteiger charge is -1.97. The van der Waals surface area contributed by atoms with Crippen molar-refractivity contribution in [1.82, 2.24) is 0 Å². The first-order chi connectivity index (χ1) is 4.91. The molecule has 0 bridgehead atoms. The van der Waals surface area contributed by atoms with Crippen LogP contribution < -0.4 is 0 Å². The van der Waals surface area contributed by atoms with Crippen LogP contribution in [0.2, 0.25) is 0 Å². The molecule has 62 valence electrons. The maximum Gasteiger partial charge on any atom is 0.00238 e. The van der Waals surface area contributed by atoms with Crippen LogP contribution in [0.5, 0.6) is 0 Å². The van der Waals surface area contributed by atoms with Gasteiger partial charge in [0.2, 0.25) is 0 Å². The van der Waals surface area contributed by atoms with Gasteiger partial charge in [0, 0.05) is 23.0 Å². The molecule has 0 radical (unpaired) electrons. The lowest BCUT2D eigenvalue weighted by atomic mass is 10.9. The number of thioether (sulfide) groups is 3. The molecule has 0 aliphatic heterocycles. The van der Waals surface area contributed by atoms with Crippen LogP contribution in [-0.4, -0.2) is 35.0 Å². The maximum absolute atomic E-state index is 2.22. The molecular weight excluding hydrogens is 180 g/mol. The average Bonchev–Trinajstić information content (AvgIpc) is 1.97. The van der Waals surface area contributed by atoms with Crippen LogP contribution in [0.25, 0.3) is 0 Å². The van der Waals surface area contributed by atoms with Crippen molar-refractivity contribution in [3.8, 4) is 0 Å². The highest BCUT2D eigenvalue weighted by Crippen LogP contribution is 2.07. The molecule has 0 aliphatic carbocycles. The quantitative estimate of drug-likeness (QED) is 0.575. The summed E-state index contributed by atoms with van der Waals surface area (Å²) in [5.41, 5.74) is 0. The summed E-state index contributed by atoms with van der Waals surface area (Å²) in [6, 6.07) is 0. The predicted octanol–water partition coefficient (Wildman–Crippen LogP) is 2.84. The van der Waals surface area contributed by atoms with Gasteiger partial charge in [-0.1, -0.05) is 6.92 Å². The van der Waals surface area contributed by atoms with Crippen LogP contribution in [0.3, 0.4) is 0 Å². The Morgan fingerprint density at radius 3 is 2.10 bits per heavy atom. The monoisotopic (exact) mass is 196 g/mol. The lowest BCUT2D eigenvalue weighted by Crippen LogP contribution is -1.88. The van der Waals surface area contributed by atoms with Gasteiger partial charge in [0.05, 0.1) is 0 Å². The molecule has 0 saturated carbocycles. The van der Waals surface area contributed by atoms with Crippen molar-refractivity contribution in [2.75, 3.05) is 35.0 Å². The topological polar surface area (TPSA) is 0 Å². The van der Waals surface area contributed by atoms with Crippen molar-refractivity contribution in [1.29, 1.82) is 0 Å². The van der Waals surface area contributed by atoms with E-state index in [2.05, 4.69) is 24.9 Å². The molecule has 10 heavy (non-hydrogen) atoms. The van der Waals surface area contributed by atoms with Crippen molar-refractivity contribution < 1.29 is 0 Å². The second kappa shape index (κ2) is 10.0. The molecule has 0 aromatic heterocycles. The molecule has 0 amide bonds. The zero-order valence-corrected chi connectivity index (χ0v) is 9.21. The van der Waals surface area contributed by atoms with E-state index < -0.39 is 0 Å². The van der Waals surface area contributed by atoms with Gasteiger partial charge in [0.1, 0.15) is 0 Å². The average molecular weight is 196 g/mol. The van der Waals surface area contributed by atoms with Gasteiger partial charge in [-0.05, 0) is 12.0 Å². The molecule has 0 fully saturated rings. The van der Waals surface area contributed by atoms with E-state index in [4.69, 9.17) is 0 Å². The van der Waals surface area contributed by atoms with Gasteiger partial charge >= 0.3 is 0 Å². The summed E-state index contributed by atoms with van der Waals surface area (Å²) in [6.07, 6.45) is 2.17.